The number of aliphatic imine (C=N–C) groups is 1. The number of amides is 1. The molecular formula is C17H27N5O2. The van der Waals surface area contributed by atoms with Gasteiger partial charge in [-0.1, -0.05) is 6.07 Å². The summed E-state index contributed by atoms with van der Waals surface area (Å²) in [6.45, 7) is 10.6. The van der Waals surface area contributed by atoms with E-state index in [1.807, 2.05) is 44.9 Å². The number of nitrogens with zero attached hydrogens (tertiary/aromatic N) is 4. The predicted octanol–water partition coefficient (Wildman–Crippen LogP) is 1.76. The Bertz CT molecular complexity index is 601. The molecule has 2 N–H and O–H groups in total. The minimum atomic E-state index is -0.476. The SMILES string of the molecule is Cc1cncc(CN=C(N)N2CCN(C(=O)OC(C)(C)C)CC2)c1. The first-order valence-corrected chi connectivity index (χ1v) is 8.18. The van der Waals surface area contributed by atoms with Crippen LogP contribution < -0.4 is 5.73 Å². The van der Waals surface area contributed by atoms with E-state index in [0.29, 0.717) is 38.7 Å². The molecule has 0 aliphatic carbocycles. The third-order valence-corrected chi connectivity index (χ3v) is 3.61. The van der Waals surface area contributed by atoms with Gasteiger partial charge in [0.05, 0.1) is 6.54 Å². The van der Waals surface area contributed by atoms with Crippen LogP contribution in [-0.4, -0.2) is 58.6 Å². The molecule has 132 valence electrons. The average molecular weight is 333 g/mol. The van der Waals surface area contributed by atoms with E-state index < -0.39 is 5.60 Å². The summed E-state index contributed by atoms with van der Waals surface area (Å²) in [6, 6.07) is 2.05. The quantitative estimate of drug-likeness (QED) is 0.658. The normalized spacial score (nSPS) is 16.2. The summed E-state index contributed by atoms with van der Waals surface area (Å²) in [5, 5.41) is 0. The van der Waals surface area contributed by atoms with Crippen LogP contribution in [0, 0.1) is 6.92 Å². The molecule has 0 aromatic carbocycles. The van der Waals surface area contributed by atoms with Crippen molar-refractivity contribution in [3.8, 4) is 0 Å². The average Bonchev–Trinajstić information content (AvgIpc) is 2.51. The van der Waals surface area contributed by atoms with Crippen LogP contribution in [0.3, 0.4) is 0 Å². The molecule has 2 heterocycles. The fourth-order valence-electron chi connectivity index (χ4n) is 2.42. The van der Waals surface area contributed by atoms with Crippen LogP contribution in [-0.2, 0) is 11.3 Å². The molecule has 0 atom stereocenters. The van der Waals surface area contributed by atoms with Crippen LogP contribution >= 0.6 is 0 Å². The summed E-state index contributed by atoms with van der Waals surface area (Å²) in [5.41, 5.74) is 7.74. The van der Waals surface area contributed by atoms with Crippen LogP contribution in [0.15, 0.2) is 23.5 Å². The molecule has 1 aromatic rings. The number of aromatic nitrogens is 1. The molecule has 1 saturated heterocycles. The Balaban J connectivity index is 1.85. The van der Waals surface area contributed by atoms with Gasteiger partial charge in [-0.15, -0.1) is 0 Å². The Morgan fingerprint density at radius 1 is 1.25 bits per heavy atom. The first-order chi connectivity index (χ1) is 11.2. The van der Waals surface area contributed by atoms with Gasteiger partial charge in [-0.2, -0.15) is 0 Å². The number of carbonyl (C=O) groups is 1. The van der Waals surface area contributed by atoms with E-state index in [1.54, 1.807) is 11.1 Å². The number of aryl methyl sites for hydroxylation is 1. The van der Waals surface area contributed by atoms with Gasteiger partial charge in [-0.25, -0.2) is 9.79 Å². The van der Waals surface area contributed by atoms with Gasteiger partial charge >= 0.3 is 6.09 Å². The highest BCUT2D eigenvalue weighted by Crippen LogP contribution is 2.12. The molecule has 0 unspecified atom stereocenters. The largest absolute Gasteiger partial charge is 0.444 e. The lowest BCUT2D eigenvalue weighted by molar-refractivity contribution is 0.0186. The first-order valence-electron chi connectivity index (χ1n) is 8.18. The van der Waals surface area contributed by atoms with Crippen LogP contribution in [0.25, 0.3) is 0 Å². The number of piperazine rings is 1. The van der Waals surface area contributed by atoms with Gasteiger partial charge in [0.15, 0.2) is 5.96 Å². The van der Waals surface area contributed by atoms with E-state index >= 15 is 0 Å². The van der Waals surface area contributed by atoms with Crippen LogP contribution in [0.5, 0.6) is 0 Å². The lowest BCUT2D eigenvalue weighted by Crippen LogP contribution is -2.53. The van der Waals surface area contributed by atoms with Crippen LogP contribution in [0.1, 0.15) is 31.9 Å². The van der Waals surface area contributed by atoms with E-state index in [4.69, 9.17) is 10.5 Å². The second-order valence-corrected chi connectivity index (χ2v) is 7.00. The van der Waals surface area contributed by atoms with Crippen molar-refractivity contribution in [3.63, 3.8) is 0 Å². The van der Waals surface area contributed by atoms with E-state index in [1.165, 1.54) is 0 Å². The number of carbonyl (C=O) groups excluding carboxylic acids is 1. The maximum absolute atomic E-state index is 12.0. The Morgan fingerprint density at radius 2 is 1.88 bits per heavy atom. The van der Waals surface area contributed by atoms with E-state index in [2.05, 4.69) is 9.98 Å². The second-order valence-electron chi connectivity index (χ2n) is 7.00. The number of rotatable bonds is 2. The van der Waals surface area contributed by atoms with E-state index in [-0.39, 0.29) is 6.09 Å². The Kier molecular flexibility index (Phi) is 5.64. The Morgan fingerprint density at radius 3 is 2.46 bits per heavy atom. The molecule has 1 amide bonds. The predicted molar refractivity (Wildman–Crippen MR) is 93.7 cm³/mol. The lowest BCUT2D eigenvalue weighted by atomic mass is 10.2. The van der Waals surface area contributed by atoms with Gasteiger partial charge in [0, 0.05) is 38.6 Å². The molecule has 0 radical (unpaired) electrons. The molecule has 1 aromatic heterocycles. The zero-order chi connectivity index (χ0) is 17.7. The highest BCUT2D eigenvalue weighted by Gasteiger charge is 2.26. The maximum Gasteiger partial charge on any atom is 0.410 e. The Labute approximate surface area is 143 Å². The molecule has 7 heteroatoms. The topological polar surface area (TPSA) is 84.0 Å². The minimum Gasteiger partial charge on any atom is -0.444 e. The molecule has 1 aliphatic heterocycles. The number of guanidine groups is 1. The third-order valence-electron chi connectivity index (χ3n) is 3.61. The van der Waals surface area contributed by atoms with Gasteiger partial charge in [-0.3, -0.25) is 4.98 Å². The molecule has 0 spiro atoms. The number of pyridine rings is 1. The summed E-state index contributed by atoms with van der Waals surface area (Å²) in [6.07, 6.45) is 3.33. The molecule has 1 fully saturated rings. The van der Waals surface area contributed by atoms with Crippen molar-refractivity contribution < 1.29 is 9.53 Å². The third kappa shape index (κ3) is 5.40. The van der Waals surface area contributed by atoms with Gasteiger partial charge in [0.2, 0.25) is 0 Å². The lowest BCUT2D eigenvalue weighted by Gasteiger charge is -2.36. The zero-order valence-corrected chi connectivity index (χ0v) is 15.0. The monoisotopic (exact) mass is 333 g/mol. The van der Waals surface area contributed by atoms with Crippen molar-refractivity contribution >= 4 is 12.1 Å². The summed E-state index contributed by atoms with van der Waals surface area (Å²) < 4.78 is 5.39. The molecule has 7 nitrogen and oxygen atoms in total. The summed E-state index contributed by atoms with van der Waals surface area (Å²) in [4.78, 5) is 24.3. The molecule has 24 heavy (non-hydrogen) atoms. The molecule has 0 bridgehead atoms. The number of nitrogens with two attached hydrogens (primary N) is 1. The van der Waals surface area contributed by atoms with Crippen molar-refractivity contribution in [2.75, 3.05) is 26.2 Å². The highest BCUT2D eigenvalue weighted by molar-refractivity contribution is 5.78. The minimum absolute atomic E-state index is 0.275. The number of hydrogen-bond donors (Lipinski definition) is 1. The van der Waals surface area contributed by atoms with Crippen LogP contribution in [0.2, 0.25) is 0 Å². The molecular weight excluding hydrogens is 306 g/mol. The van der Waals surface area contributed by atoms with Crippen molar-refractivity contribution in [1.82, 2.24) is 14.8 Å². The Hall–Kier alpha value is -2.31. The van der Waals surface area contributed by atoms with Crippen molar-refractivity contribution in [1.29, 1.82) is 0 Å². The second kappa shape index (κ2) is 7.51. The standard InChI is InChI=1S/C17H27N5O2/c1-13-9-14(11-19-10-13)12-20-15(18)21-5-7-22(8-6-21)16(23)24-17(2,3)4/h9-11H,5-8,12H2,1-4H3,(H2,18,20). The van der Waals surface area contributed by atoms with Gasteiger partial charge in [0.25, 0.3) is 0 Å². The smallest absolute Gasteiger partial charge is 0.410 e. The zero-order valence-electron chi connectivity index (χ0n) is 15.0. The summed E-state index contributed by atoms with van der Waals surface area (Å²) in [7, 11) is 0. The van der Waals surface area contributed by atoms with Crippen molar-refractivity contribution in [2.45, 2.75) is 39.8 Å². The van der Waals surface area contributed by atoms with Gasteiger partial charge < -0.3 is 20.3 Å². The first kappa shape index (κ1) is 18.0. The summed E-state index contributed by atoms with van der Waals surface area (Å²) >= 11 is 0. The van der Waals surface area contributed by atoms with Crippen LogP contribution in [0.4, 0.5) is 4.79 Å². The number of ether oxygens (including phenoxy) is 1. The van der Waals surface area contributed by atoms with E-state index in [9.17, 15) is 4.79 Å². The molecule has 1 aliphatic rings. The highest BCUT2D eigenvalue weighted by atomic mass is 16.6. The summed E-state index contributed by atoms with van der Waals surface area (Å²) in [5.74, 6) is 0.500. The van der Waals surface area contributed by atoms with Crippen molar-refractivity contribution in [2.24, 2.45) is 10.7 Å². The maximum atomic E-state index is 12.0. The fourth-order valence-corrected chi connectivity index (χ4v) is 2.42. The van der Waals surface area contributed by atoms with Gasteiger partial charge in [0.1, 0.15) is 5.60 Å². The van der Waals surface area contributed by atoms with Gasteiger partial charge in [-0.05, 0) is 38.8 Å². The fraction of sp³-hybridized carbons (Fsp3) is 0.588. The van der Waals surface area contributed by atoms with E-state index in [0.717, 1.165) is 11.1 Å². The molecule has 0 saturated carbocycles. The van der Waals surface area contributed by atoms with Crippen molar-refractivity contribution in [3.05, 3.63) is 29.6 Å². The number of hydrogen-bond acceptors (Lipinski definition) is 4. The molecule has 2 rings (SSSR count).